The second kappa shape index (κ2) is 5.16. The number of hydrogen-bond donors (Lipinski definition) is 1. The molecule has 1 nitrogen and oxygen atoms in total. The van der Waals surface area contributed by atoms with E-state index in [0.29, 0.717) is 0 Å². The Morgan fingerprint density at radius 2 is 1.64 bits per heavy atom. The lowest BCUT2D eigenvalue weighted by molar-refractivity contribution is 0.262. The van der Waals surface area contributed by atoms with Gasteiger partial charge in [-0.2, -0.15) is 0 Å². The molecule has 0 aliphatic heterocycles. The van der Waals surface area contributed by atoms with Gasteiger partial charge in [0.2, 0.25) is 0 Å². The number of hydrogen-bond acceptors (Lipinski definition) is 1. The molecule has 0 bridgehead atoms. The average molecular weight is 195 g/mol. The Bertz CT molecular complexity index is 161. The highest BCUT2D eigenvalue weighted by atomic mass is 15.0. The van der Waals surface area contributed by atoms with E-state index >= 15 is 0 Å². The van der Waals surface area contributed by atoms with E-state index in [9.17, 15) is 0 Å². The van der Waals surface area contributed by atoms with E-state index in [0.717, 1.165) is 18.0 Å². The molecule has 1 heteroatoms. The van der Waals surface area contributed by atoms with Crippen molar-refractivity contribution in [3.63, 3.8) is 0 Å². The minimum Gasteiger partial charge on any atom is -0.311 e. The molecule has 0 amide bonds. The van der Waals surface area contributed by atoms with Gasteiger partial charge in [0.05, 0.1) is 0 Å². The van der Waals surface area contributed by atoms with Crippen LogP contribution >= 0.6 is 0 Å². The molecule has 1 N–H and O–H groups in total. The monoisotopic (exact) mass is 195 g/mol. The summed E-state index contributed by atoms with van der Waals surface area (Å²) < 4.78 is 0. The molecule has 0 spiro atoms. The summed E-state index contributed by atoms with van der Waals surface area (Å²) in [6, 6.07) is 1.73. The van der Waals surface area contributed by atoms with Gasteiger partial charge in [-0.15, -0.1) is 0 Å². The van der Waals surface area contributed by atoms with Crippen LogP contribution in [-0.4, -0.2) is 12.1 Å². The van der Waals surface area contributed by atoms with Crippen LogP contribution < -0.4 is 5.32 Å². The zero-order chi connectivity index (χ0) is 9.80. The van der Waals surface area contributed by atoms with Crippen molar-refractivity contribution >= 4 is 0 Å². The van der Waals surface area contributed by atoms with Crippen LogP contribution in [-0.2, 0) is 0 Å². The van der Waals surface area contributed by atoms with Gasteiger partial charge in [-0.1, -0.05) is 39.0 Å². The lowest BCUT2D eigenvalue weighted by Gasteiger charge is -2.31. The highest BCUT2D eigenvalue weighted by Crippen LogP contribution is 2.28. The zero-order valence-electron chi connectivity index (χ0n) is 9.60. The minimum atomic E-state index is 0.858. The third kappa shape index (κ3) is 2.73. The molecule has 0 radical (unpaired) electrons. The van der Waals surface area contributed by atoms with Gasteiger partial charge in [-0.05, 0) is 31.6 Å². The van der Waals surface area contributed by atoms with Crippen molar-refractivity contribution in [1.29, 1.82) is 0 Å². The van der Waals surface area contributed by atoms with Gasteiger partial charge in [-0.25, -0.2) is 0 Å². The maximum Gasteiger partial charge on any atom is 0.00722 e. The smallest absolute Gasteiger partial charge is 0.00722 e. The number of nitrogens with one attached hydrogen (secondary N) is 1. The van der Waals surface area contributed by atoms with Crippen molar-refractivity contribution in [3.8, 4) is 0 Å². The molecule has 0 aromatic rings. The Morgan fingerprint density at radius 1 is 0.929 bits per heavy atom. The molecule has 2 rings (SSSR count). The summed E-state index contributed by atoms with van der Waals surface area (Å²) in [5.41, 5.74) is 0. The summed E-state index contributed by atoms with van der Waals surface area (Å²) in [4.78, 5) is 0. The summed E-state index contributed by atoms with van der Waals surface area (Å²) >= 11 is 0. The third-order valence-electron chi connectivity index (χ3n) is 4.19. The largest absolute Gasteiger partial charge is 0.311 e. The van der Waals surface area contributed by atoms with E-state index < -0.39 is 0 Å². The van der Waals surface area contributed by atoms with E-state index in [1.807, 2.05) is 0 Å². The molecule has 0 aromatic heterocycles. The number of rotatable bonds is 3. The second-order valence-electron chi connectivity index (χ2n) is 5.29. The lowest BCUT2D eigenvalue weighted by Crippen LogP contribution is -2.39. The first-order chi connectivity index (χ1) is 6.88. The average Bonchev–Trinajstić information content (AvgIpc) is 2.71. The van der Waals surface area contributed by atoms with Gasteiger partial charge in [0, 0.05) is 12.1 Å². The fourth-order valence-corrected chi connectivity index (χ4v) is 3.24. The first-order valence-electron chi connectivity index (χ1n) is 6.64. The summed E-state index contributed by atoms with van der Waals surface area (Å²) in [6.07, 6.45) is 13.0. The second-order valence-corrected chi connectivity index (χ2v) is 5.29. The van der Waals surface area contributed by atoms with Crippen molar-refractivity contribution in [2.24, 2.45) is 5.92 Å². The van der Waals surface area contributed by atoms with Crippen molar-refractivity contribution in [2.45, 2.75) is 76.8 Å². The highest BCUT2D eigenvalue weighted by Gasteiger charge is 2.24. The Morgan fingerprint density at radius 3 is 2.36 bits per heavy atom. The van der Waals surface area contributed by atoms with Gasteiger partial charge in [0.15, 0.2) is 0 Å². The van der Waals surface area contributed by atoms with Crippen LogP contribution in [0.15, 0.2) is 0 Å². The van der Waals surface area contributed by atoms with Crippen LogP contribution in [0.5, 0.6) is 0 Å². The summed E-state index contributed by atoms with van der Waals surface area (Å²) in [5.74, 6) is 1.02. The molecule has 0 unspecified atom stereocenters. The zero-order valence-corrected chi connectivity index (χ0v) is 9.60. The molecule has 0 saturated heterocycles. The summed E-state index contributed by atoms with van der Waals surface area (Å²) in [5, 5.41) is 3.88. The third-order valence-corrected chi connectivity index (χ3v) is 4.19. The predicted octanol–water partition coefficient (Wildman–Crippen LogP) is 3.49. The highest BCUT2D eigenvalue weighted by molar-refractivity contribution is 4.82. The van der Waals surface area contributed by atoms with Crippen molar-refractivity contribution in [2.75, 3.05) is 0 Å². The molecule has 0 heterocycles. The van der Waals surface area contributed by atoms with E-state index in [1.54, 1.807) is 0 Å². The van der Waals surface area contributed by atoms with Gasteiger partial charge in [-0.3, -0.25) is 0 Å². The van der Waals surface area contributed by atoms with Crippen molar-refractivity contribution in [3.05, 3.63) is 0 Å². The lowest BCUT2D eigenvalue weighted by atomic mass is 9.84. The molecule has 0 aromatic carbocycles. The summed E-state index contributed by atoms with van der Waals surface area (Å²) in [6.45, 7) is 2.35. The Kier molecular flexibility index (Phi) is 3.86. The van der Waals surface area contributed by atoms with Crippen LogP contribution in [0.4, 0.5) is 0 Å². The van der Waals surface area contributed by atoms with Crippen LogP contribution in [0.1, 0.15) is 64.7 Å². The normalized spacial score (nSPS) is 34.9. The standard InChI is InChI=1S/C13H25N/c1-2-11-6-5-9-13(10-11)14-12-7-3-4-8-12/h11-14H,2-10H2,1H3/t11-,13+/m1/s1. The first-order valence-corrected chi connectivity index (χ1v) is 6.64. The quantitative estimate of drug-likeness (QED) is 0.727. The fourth-order valence-electron chi connectivity index (χ4n) is 3.24. The molecule has 2 saturated carbocycles. The van der Waals surface area contributed by atoms with E-state index in [2.05, 4.69) is 12.2 Å². The fraction of sp³-hybridized carbons (Fsp3) is 1.00. The van der Waals surface area contributed by atoms with E-state index in [4.69, 9.17) is 0 Å². The minimum absolute atomic E-state index is 0.858. The van der Waals surface area contributed by atoms with Crippen LogP contribution in [0, 0.1) is 5.92 Å². The first kappa shape index (κ1) is 10.5. The molecule has 2 fully saturated rings. The molecular weight excluding hydrogens is 170 g/mol. The van der Waals surface area contributed by atoms with E-state index in [1.165, 1.54) is 57.8 Å². The predicted molar refractivity (Wildman–Crippen MR) is 61.4 cm³/mol. The van der Waals surface area contributed by atoms with Crippen molar-refractivity contribution < 1.29 is 0 Å². The maximum atomic E-state index is 3.88. The molecular formula is C13H25N. The molecule has 2 atom stereocenters. The van der Waals surface area contributed by atoms with Gasteiger partial charge >= 0.3 is 0 Å². The Hall–Kier alpha value is -0.0400. The molecule has 2 aliphatic rings. The van der Waals surface area contributed by atoms with Crippen LogP contribution in [0.25, 0.3) is 0 Å². The molecule has 2 aliphatic carbocycles. The van der Waals surface area contributed by atoms with Crippen LogP contribution in [0.2, 0.25) is 0 Å². The SMILES string of the molecule is CC[C@@H]1CCC[C@H](NC2CCCC2)C1. The Labute approximate surface area is 88.7 Å². The van der Waals surface area contributed by atoms with Gasteiger partial charge in [0.25, 0.3) is 0 Å². The topological polar surface area (TPSA) is 12.0 Å². The van der Waals surface area contributed by atoms with Crippen LogP contribution in [0.3, 0.4) is 0 Å². The van der Waals surface area contributed by atoms with Gasteiger partial charge < -0.3 is 5.32 Å². The summed E-state index contributed by atoms with van der Waals surface area (Å²) in [7, 11) is 0. The molecule has 14 heavy (non-hydrogen) atoms. The molecule has 82 valence electrons. The maximum absolute atomic E-state index is 3.88. The Balaban J connectivity index is 1.73. The van der Waals surface area contributed by atoms with Gasteiger partial charge in [0.1, 0.15) is 0 Å². The van der Waals surface area contributed by atoms with E-state index in [-0.39, 0.29) is 0 Å². The van der Waals surface area contributed by atoms with Crippen molar-refractivity contribution in [1.82, 2.24) is 5.32 Å².